The van der Waals surface area contributed by atoms with Crippen molar-refractivity contribution < 1.29 is 9.08 Å². The average Bonchev–Trinajstić information content (AvgIpc) is 2.18. The third-order valence-electron chi connectivity index (χ3n) is 1.43. The highest BCUT2D eigenvalue weighted by Gasteiger charge is 2.11. The number of carbonyl (C=O) groups excluding carboxylic acids is 1. The molecule has 1 rings (SSSR count). The minimum Gasteiger partial charge on any atom is -0.329 e. The number of halogens is 2. The summed E-state index contributed by atoms with van der Waals surface area (Å²) in [4.78, 5) is 10.8. The van der Waals surface area contributed by atoms with Crippen LogP contribution in [0.15, 0.2) is 30.3 Å². The highest BCUT2D eigenvalue weighted by Crippen LogP contribution is 2.08. The van der Waals surface area contributed by atoms with Crippen LogP contribution in [0.3, 0.4) is 0 Å². The molecule has 0 fully saturated rings. The fourth-order valence-electron chi connectivity index (χ4n) is 0.846. The van der Waals surface area contributed by atoms with Gasteiger partial charge in [-0.05, 0) is 5.56 Å². The first-order chi connectivity index (χ1) is 6.24. The molecule has 5 heteroatoms. The number of hydrogen-bond acceptors (Lipinski definition) is 2. The van der Waals surface area contributed by atoms with Crippen molar-refractivity contribution in [1.29, 1.82) is 0 Å². The van der Waals surface area contributed by atoms with Crippen LogP contribution in [0.5, 0.6) is 0 Å². The SMILES string of the molecule is O=C(OCl)N(Cl)Cc1ccccc1. The van der Waals surface area contributed by atoms with Gasteiger partial charge in [0.1, 0.15) is 11.9 Å². The van der Waals surface area contributed by atoms with E-state index in [2.05, 4.69) is 4.29 Å². The molecule has 0 bridgehead atoms. The fourth-order valence-corrected chi connectivity index (χ4v) is 1.14. The molecule has 1 aromatic carbocycles. The van der Waals surface area contributed by atoms with Crippen LogP contribution in [0.1, 0.15) is 5.56 Å². The third-order valence-corrected chi connectivity index (χ3v) is 1.82. The van der Waals surface area contributed by atoms with E-state index in [4.69, 9.17) is 23.6 Å². The Kier molecular flexibility index (Phi) is 3.86. The molecule has 0 aromatic heterocycles. The van der Waals surface area contributed by atoms with Crippen molar-refractivity contribution in [2.45, 2.75) is 6.54 Å². The van der Waals surface area contributed by atoms with Gasteiger partial charge in [0, 0.05) is 11.8 Å². The predicted octanol–water partition coefficient (Wildman–Crippen LogP) is 2.93. The minimum absolute atomic E-state index is 0.258. The largest absolute Gasteiger partial charge is 0.443 e. The Morgan fingerprint density at radius 1 is 1.38 bits per heavy atom. The summed E-state index contributed by atoms with van der Waals surface area (Å²) in [5, 5.41) is 0. The summed E-state index contributed by atoms with van der Waals surface area (Å²) < 4.78 is 4.77. The molecule has 0 aliphatic carbocycles. The number of nitrogens with zero attached hydrogens (tertiary/aromatic N) is 1. The standard InChI is InChI=1S/C8H7Cl2NO2/c9-11(8(12)13-10)6-7-4-2-1-3-5-7/h1-5H,6H2. The predicted molar refractivity (Wildman–Crippen MR) is 50.2 cm³/mol. The molecule has 1 amide bonds. The van der Waals surface area contributed by atoms with Gasteiger partial charge in [-0.2, -0.15) is 0 Å². The van der Waals surface area contributed by atoms with Crippen LogP contribution in [0.25, 0.3) is 0 Å². The summed E-state index contributed by atoms with van der Waals surface area (Å²) in [5.74, 6) is 0. The summed E-state index contributed by atoms with van der Waals surface area (Å²) in [6.07, 6.45) is -0.785. The maximum atomic E-state index is 10.8. The lowest BCUT2D eigenvalue weighted by atomic mass is 10.2. The molecule has 0 saturated heterocycles. The number of amides is 1. The van der Waals surface area contributed by atoms with Gasteiger partial charge < -0.3 is 4.29 Å². The summed E-state index contributed by atoms with van der Waals surface area (Å²) >= 11 is 10.4. The first-order valence-corrected chi connectivity index (χ1v) is 4.18. The minimum atomic E-state index is -0.785. The summed E-state index contributed by atoms with van der Waals surface area (Å²) in [5.41, 5.74) is 0.902. The topological polar surface area (TPSA) is 29.5 Å². The second kappa shape index (κ2) is 4.94. The van der Waals surface area contributed by atoms with Gasteiger partial charge in [-0.3, -0.25) is 0 Å². The molecule has 0 unspecified atom stereocenters. The lowest BCUT2D eigenvalue weighted by Crippen LogP contribution is -2.19. The van der Waals surface area contributed by atoms with E-state index < -0.39 is 6.09 Å². The van der Waals surface area contributed by atoms with Gasteiger partial charge in [0.2, 0.25) is 0 Å². The first-order valence-electron chi connectivity index (χ1n) is 3.54. The summed E-state index contributed by atoms with van der Waals surface area (Å²) in [6.45, 7) is 0.258. The Bertz CT molecular complexity index is 279. The summed E-state index contributed by atoms with van der Waals surface area (Å²) in [7, 11) is 0. The highest BCUT2D eigenvalue weighted by atomic mass is 35.5. The monoisotopic (exact) mass is 219 g/mol. The Morgan fingerprint density at radius 2 is 2.00 bits per heavy atom. The Balaban J connectivity index is 2.55. The molecule has 0 N–H and O–H groups in total. The van der Waals surface area contributed by atoms with Crippen molar-refractivity contribution in [3.05, 3.63) is 35.9 Å². The van der Waals surface area contributed by atoms with Crippen LogP contribution in [0, 0.1) is 0 Å². The van der Waals surface area contributed by atoms with E-state index >= 15 is 0 Å². The van der Waals surface area contributed by atoms with Crippen LogP contribution in [0.4, 0.5) is 4.79 Å². The Morgan fingerprint density at radius 3 is 2.54 bits per heavy atom. The Labute approximate surface area is 86.1 Å². The second-order valence-corrected chi connectivity index (χ2v) is 2.91. The van der Waals surface area contributed by atoms with Gasteiger partial charge in [-0.15, -0.1) is 0 Å². The maximum Gasteiger partial charge on any atom is 0.443 e. The molecule has 0 aliphatic rings. The summed E-state index contributed by atoms with van der Waals surface area (Å²) in [6, 6.07) is 9.27. The van der Waals surface area contributed by atoms with Crippen molar-refractivity contribution >= 4 is 29.7 Å². The fraction of sp³-hybridized carbons (Fsp3) is 0.125. The second-order valence-electron chi connectivity index (χ2n) is 2.35. The zero-order valence-electron chi connectivity index (χ0n) is 6.61. The molecule has 0 aliphatic heterocycles. The lowest BCUT2D eigenvalue weighted by molar-refractivity contribution is 0.183. The molecular weight excluding hydrogens is 213 g/mol. The van der Waals surface area contributed by atoms with Crippen molar-refractivity contribution in [2.75, 3.05) is 0 Å². The molecule has 70 valence electrons. The van der Waals surface area contributed by atoms with Gasteiger partial charge in [0.05, 0.1) is 6.54 Å². The molecule has 1 aromatic rings. The van der Waals surface area contributed by atoms with E-state index in [0.29, 0.717) is 0 Å². The van der Waals surface area contributed by atoms with E-state index in [1.165, 1.54) is 0 Å². The third kappa shape index (κ3) is 3.13. The van der Waals surface area contributed by atoms with Crippen molar-refractivity contribution in [3.8, 4) is 0 Å². The highest BCUT2D eigenvalue weighted by molar-refractivity contribution is 6.23. The van der Waals surface area contributed by atoms with Crippen molar-refractivity contribution in [1.82, 2.24) is 4.42 Å². The zero-order valence-corrected chi connectivity index (χ0v) is 8.13. The molecule has 13 heavy (non-hydrogen) atoms. The van der Waals surface area contributed by atoms with Gasteiger partial charge >= 0.3 is 6.09 Å². The van der Waals surface area contributed by atoms with E-state index in [9.17, 15) is 4.79 Å². The van der Waals surface area contributed by atoms with Crippen LogP contribution in [-0.4, -0.2) is 10.5 Å². The average molecular weight is 220 g/mol. The zero-order chi connectivity index (χ0) is 9.68. The number of rotatable bonds is 2. The maximum absolute atomic E-state index is 10.8. The Hall–Kier alpha value is -0.930. The lowest BCUT2D eigenvalue weighted by Gasteiger charge is -2.09. The van der Waals surface area contributed by atoms with Crippen LogP contribution >= 0.6 is 23.6 Å². The van der Waals surface area contributed by atoms with Gasteiger partial charge in [0.25, 0.3) is 0 Å². The molecule has 3 nitrogen and oxygen atoms in total. The quantitative estimate of drug-likeness (QED) is 0.717. The molecule has 0 radical (unpaired) electrons. The molecule has 0 heterocycles. The van der Waals surface area contributed by atoms with Crippen LogP contribution in [-0.2, 0) is 10.8 Å². The number of carbonyl (C=O) groups is 1. The van der Waals surface area contributed by atoms with Gasteiger partial charge in [0.15, 0.2) is 0 Å². The smallest absolute Gasteiger partial charge is 0.329 e. The molecular formula is C8H7Cl2NO2. The molecule has 0 atom stereocenters. The van der Waals surface area contributed by atoms with E-state index in [-0.39, 0.29) is 6.54 Å². The number of benzene rings is 1. The van der Waals surface area contributed by atoms with E-state index in [1.807, 2.05) is 30.3 Å². The molecule has 0 spiro atoms. The number of hydrogen-bond donors (Lipinski definition) is 0. The molecule has 0 saturated carbocycles. The van der Waals surface area contributed by atoms with Gasteiger partial charge in [-0.25, -0.2) is 9.21 Å². The van der Waals surface area contributed by atoms with Crippen molar-refractivity contribution in [2.24, 2.45) is 0 Å². The first kappa shape index (κ1) is 10.2. The van der Waals surface area contributed by atoms with E-state index in [1.54, 1.807) is 0 Å². The normalized spacial score (nSPS) is 9.38. The van der Waals surface area contributed by atoms with Crippen molar-refractivity contribution in [3.63, 3.8) is 0 Å². The van der Waals surface area contributed by atoms with E-state index in [0.717, 1.165) is 9.98 Å². The van der Waals surface area contributed by atoms with Gasteiger partial charge in [-0.1, -0.05) is 30.3 Å². The van der Waals surface area contributed by atoms with Crippen LogP contribution in [0.2, 0.25) is 0 Å². The van der Waals surface area contributed by atoms with Crippen LogP contribution < -0.4 is 0 Å².